The highest BCUT2D eigenvalue weighted by molar-refractivity contribution is 5.73. The van der Waals surface area contributed by atoms with E-state index in [9.17, 15) is 4.79 Å². The van der Waals surface area contributed by atoms with E-state index in [2.05, 4.69) is 24.0 Å². The number of rotatable bonds is 5. The average molecular weight is 273 g/mol. The van der Waals surface area contributed by atoms with E-state index in [1.54, 1.807) is 6.08 Å². The second kappa shape index (κ2) is 6.71. The monoisotopic (exact) mass is 273 g/mol. The van der Waals surface area contributed by atoms with Gasteiger partial charge >= 0.3 is 5.97 Å². The van der Waals surface area contributed by atoms with E-state index in [-0.39, 0.29) is 11.9 Å². The van der Waals surface area contributed by atoms with Gasteiger partial charge in [-0.25, -0.2) is 0 Å². The smallest absolute Gasteiger partial charge is 0.309 e. The lowest BCUT2D eigenvalue weighted by Gasteiger charge is -2.38. The zero-order valence-electron chi connectivity index (χ0n) is 12.1. The van der Waals surface area contributed by atoms with Crippen LogP contribution in [0.1, 0.15) is 31.7 Å². The topological polar surface area (TPSA) is 38.3 Å². The van der Waals surface area contributed by atoms with E-state index in [4.69, 9.17) is 4.74 Å². The molecule has 0 aliphatic carbocycles. The quantitative estimate of drug-likeness (QED) is 0.662. The Morgan fingerprint density at radius 3 is 2.65 bits per heavy atom. The summed E-state index contributed by atoms with van der Waals surface area (Å²) in [6.07, 6.45) is 4.07. The summed E-state index contributed by atoms with van der Waals surface area (Å²) in [6, 6.07) is 10.1. The summed E-state index contributed by atoms with van der Waals surface area (Å²) < 4.78 is 5.95. The van der Waals surface area contributed by atoms with Crippen molar-refractivity contribution in [2.75, 3.05) is 13.1 Å². The van der Waals surface area contributed by atoms with Gasteiger partial charge in [0.15, 0.2) is 0 Å². The fourth-order valence-corrected chi connectivity index (χ4v) is 2.66. The first-order valence-electron chi connectivity index (χ1n) is 7.28. The van der Waals surface area contributed by atoms with E-state index in [0.717, 1.165) is 31.5 Å². The molecule has 1 saturated heterocycles. The maximum atomic E-state index is 12.3. The standard InChI is InChI=1S/C17H23NO2/c1-3-7-14(2)16(19)20-17(10-12-18-13-11-17)15-8-5-4-6-9-15/h3-6,8-9,14,18H,1,7,10-13H2,2H3. The van der Waals surface area contributed by atoms with Crippen LogP contribution in [-0.2, 0) is 15.1 Å². The fourth-order valence-electron chi connectivity index (χ4n) is 2.66. The summed E-state index contributed by atoms with van der Waals surface area (Å²) in [6.45, 7) is 7.33. The van der Waals surface area contributed by atoms with Crippen molar-refractivity contribution in [1.82, 2.24) is 5.32 Å². The SMILES string of the molecule is C=CCC(C)C(=O)OC1(c2ccccc2)CCNCC1. The number of carbonyl (C=O) groups excluding carboxylic acids is 1. The lowest BCUT2D eigenvalue weighted by Crippen LogP contribution is -2.43. The Labute approximate surface area is 121 Å². The number of piperidine rings is 1. The summed E-state index contributed by atoms with van der Waals surface area (Å²) >= 11 is 0. The first-order valence-corrected chi connectivity index (χ1v) is 7.28. The molecule has 1 atom stereocenters. The van der Waals surface area contributed by atoms with Crippen molar-refractivity contribution in [3.63, 3.8) is 0 Å². The molecule has 3 heteroatoms. The molecule has 108 valence electrons. The van der Waals surface area contributed by atoms with E-state index in [1.807, 2.05) is 25.1 Å². The van der Waals surface area contributed by atoms with Gasteiger partial charge in [-0.1, -0.05) is 43.3 Å². The van der Waals surface area contributed by atoms with Crippen LogP contribution in [0, 0.1) is 5.92 Å². The van der Waals surface area contributed by atoms with Crippen molar-refractivity contribution in [3.05, 3.63) is 48.6 Å². The third-order valence-electron chi connectivity index (χ3n) is 3.93. The van der Waals surface area contributed by atoms with Crippen LogP contribution in [0.5, 0.6) is 0 Å². The Morgan fingerprint density at radius 2 is 2.05 bits per heavy atom. The van der Waals surface area contributed by atoms with Crippen LogP contribution in [0.25, 0.3) is 0 Å². The minimum Gasteiger partial charge on any atom is -0.454 e. The molecule has 1 aliphatic heterocycles. The minimum absolute atomic E-state index is 0.129. The summed E-state index contributed by atoms with van der Waals surface area (Å²) in [5.74, 6) is -0.265. The maximum absolute atomic E-state index is 12.3. The van der Waals surface area contributed by atoms with E-state index in [1.165, 1.54) is 0 Å². The summed E-state index contributed by atoms with van der Waals surface area (Å²) in [5, 5.41) is 3.33. The van der Waals surface area contributed by atoms with Gasteiger partial charge in [0, 0.05) is 12.8 Å². The number of hydrogen-bond acceptors (Lipinski definition) is 3. The van der Waals surface area contributed by atoms with Crippen molar-refractivity contribution in [2.45, 2.75) is 31.8 Å². The first kappa shape index (κ1) is 14.8. The molecule has 1 unspecified atom stereocenters. The normalized spacial score (nSPS) is 19.1. The Hall–Kier alpha value is -1.61. The predicted molar refractivity (Wildman–Crippen MR) is 80.3 cm³/mol. The van der Waals surface area contributed by atoms with Gasteiger partial charge < -0.3 is 10.1 Å². The summed E-state index contributed by atoms with van der Waals surface area (Å²) in [5.41, 5.74) is 0.625. The number of ether oxygens (including phenoxy) is 1. The molecule has 0 spiro atoms. The van der Waals surface area contributed by atoms with Crippen LogP contribution >= 0.6 is 0 Å². The van der Waals surface area contributed by atoms with Gasteiger partial charge in [0.05, 0.1) is 5.92 Å². The lowest BCUT2D eigenvalue weighted by molar-refractivity contribution is -0.168. The number of nitrogens with one attached hydrogen (secondary N) is 1. The predicted octanol–water partition coefficient (Wildman–Crippen LogP) is 3.02. The van der Waals surface area contributed by atoms with Crippen molar-refractivity contribution in [2.24, 2.45) is 5.92 Å². The number of hydrogen-bond donors (Lipinski definition) is 1. The van der Waals surface area contributed by atoms with Gasteiger partial charge in [-0.15, -0.1) is 6.58 Å². The molecule has 0 radical (unpaired) electrons. The van der Waals surface area contributed by atoms with Crippen LogP contribution in [0.2, 0.25) is 0 Å². The number of esters is 1. The van der Waals surface area contributed by atoms with Gasteiger partial charge in [0.25, 0.3) is 0 Å². The number of carbonyl (C=O) groups is 1. The van der Waals surface area contributed by atoms with Crippen molar-refractivity contribution in [3.8, 4) is 0 Å². The Balaban J connectivity index is 2.20. The molecule has 2 rings (SSSR count). The van der Waals surface area contributed by atoms with Gasteiger partial charge in [-0.3, -0.25) is 4.79 Å². The maximum Gasteiger partial charge on any atom is 0.309 e. The molecule has 0 bridgehead atoms. The van der Waals surface area contributed by atoms with Crippen LogP contribution in [-0.4, -0.2) is 19.1 Å². The van der Waals surface area contributed by atoms with E-state index < -0.39 is 5.60 Å². The molecule has 0 aromatic heterocycles. The molecule has 1 aromatic carbocycles. The molecule has 20 heavy (non-hydrogen) atoms. The molecule has 1 aliphatic rings. The van der Waals surface area contributed by atoms with Crippen molar-refractivity contribution < 1.29 is 9.53 Å². The largest absolute Gasteiger partial charge is 0.454 e. The van der Waals surface area contributed by atoms with Crippen LogP contribution < -0.4 is 5.32 Å². The van der Waals surface area contributed by atoms with Gasteiger partial charge in [0.1, 0.15) is 5.60 Å². The molecule has 1 aromatic rings. The number of allylic oxidation sites excluding steroid dienone is 1. The average Bonchev–Trinajstić information content (AvgIpc) is 2.49. The van der Waals surface area contributed by atoms with Crippen molar-refractivity contribution in [1.29, 1.82) is 0 Å². The molecular formula is C17H23NO2. The second-order valence-electron chi connectivity index (χ2n) is 5.46. The second-order valence-corrected chi connectivity index (χ2v) is 5.46. The minimum atomic E-state index is -0.473. The fraction of sp³-hybridized carbons (Fsp3) is 0.471. The Morgan fingerprint density at radius 1 is 1.40 bits per heavy atom. The van der Waals surface area contributed by atoms with E-state index >= 15 is 0 Å². The molecule has 3 nitrogen and oxygen atoms in total. The molecule has 1 fully saturated rings. The number of benzene rings is 1. The Bertz CT molecular complexity index is 449. The first-order chi connectivity index (χ1) is 9.68. The highest BCUT2D eigenvalue weighted by Gasteiger charge is 2.38. The van der Waals surface area contributed by atoms with Crippen molar-refractivity contribution >= 4 is 5.97 Å². The van der Waals surface area contributed by atoms with Gasteiger partial charge in [-0.2, -0.15) is 0 Å². The zero-order chi connectivity index (χ0) is 14.4. The third kappa shape index (κ3) is 3.28. The summed E-state index contributed by atoms with van der Waals surface area (Å²) in [4.78, 5) is 12.3. The highest BCUT2D eigenvalue weighted by Crippen LogP contribution is 2.35. The molecule has 1 N–H and O–H groups in total. The summed E-state index contributed by atoms with van der Waals surface area (Å²) in [7, 11) is 0. The van der Waals surface area contributed by atoms with E-state index in [0.29, 0.717) is 6.42 Å². The van der Waals surface area contributed by atoms with Gasteiger partial charge in [0.2, 0.25) is 0 Å². The van der Waals surface area contributed by atoms with Crippen LogP contribution in [0.15, 0.2) is 43.0 Å². The molecular weight excluding hydrogens is 250 g/mol. The lowest BCUT2D eigenvalue weighted by atomic mass is 9.84. The van der Waals surface area contributed by atoms with Gasteiger partial charge in [-0.05, 0) is 25.1 Å². The molecule has 0 amide bonds. The van der Waals surface area contributed by atoms with Crippen LogP contribution in [0.3, 0.4) is 0 Å². The molecule has 1 heterocycles. The Kier molecular flexibility index (Phi) is 4.96. The zero-order valence-corrected chi connectivity index (χ0v) is 12.1. The highest BCUT2D eigenvalue weighted by atomic mass is 16.6. The van der Waals surface area contributed by atoms with Crippen LogP contribution in [0.4, 0.5) is 0 Å². The molecule has 0 saturated carbocycles. The third-order valence-corrected chi connectivity index (χ3v) is 3.93.